The predicted octanol–water partition coefficient (Wildman–Crippen LogP) is 3.62. The van der Waals surface area contributed by atoms with E-state index in [4.69, 9.17) is 9.40 Å². The molecule has 4 heterocycles. The molecule has 1 atom stereocenters. The van der Waals surface area contributed by atoms with Crippen molar-refractivity contribution in [1.29, 1.82) is 0 Å². The molecule has 0 radical (unpaired) electrons. The number of amides is 1. The predicted molar refractivity (Wildman–Crippen MR) is 143 cm³/mol. The van der Waals surface area contributed by atoms with Gasteiger partial charge in [0.2, 0.25) is 0 Å². The van der Waals surface area contributed by atoms with E-state index in [-0.39, 0.29) is 11.5 Å². The zero-order valence-electron chi connectivity index (χ0n) is 21.0. The molecule has 190 valence electrons. The second kappa shape index (κ2) is 9.72. The first kappa shape index (κ1) is 23.8. The summed E-state index contributed by atoms with van der Waals surface area (Å²) in [4.78, 5) is 40.7. The lowest BCUT2D eigenvalue weighted by Gasteiger charge is -2.20. The second-order valence-electron chi connectivity index (χ2n) is 8.81. The molecule has 10 nitrogen and oxygen atoms in total. The van der Waals surface area contributed by atoms with Crippen LogP contribution in [0.25, 0.3) is 22.2 Å². The van der Waals surface area contributed by atoms with E-state index in [0.717, 1.165) is 0 Å². The van der Waals surface area contributed by atoms with E-state index in [2.05, 4.69) is 32.2 Å². The molecular weight excluding hydrogens is 494 g/mol. The molecule has 6 rings (SSSR count). The number of rotatable bonds is 4. The van der Waals surface area contributed by atoms with Crippen molar-refractivity contribution in [3.05, 3.63) is 118 Å². The smallest absolute Gasteiger partial charge is 0.267 e. The van der Waals surface area contributed by atoms with Crippen molar-refractivity contribution in [2.45, 2.75) is 19.9 Å². The summed E-state index contributed by atoms with van der Waals surface area (Å²) in [6, 6.07) is 15.6. The van der Waals surface area contributed by atoms with Crippen LogP contribution in [0.15, 0.2) is 88.9 Å². The first-order valence-electron chi connectivity index (χ1n) is 12.1. The van der Waals surface area contributed by atoms with Gasteiger partial charge < -0.3 is 9.73 Å². The van der Waals surface area contributed by atoms with Gasteiger partial charge in [-0.15, -0.1) is 0 Å². The van der Waals surface area contributed by atoms with Crippen LogP contribution >= 0.6 is 0 Å². The Labute approximate surface area is 222 Å². The van der Waals surface area contributed by atoms with Crippen molar-refractivity contribution >= 4 is 22.5 Å². The zero-order valence-corrected chi connectivity index (χ0v) is 21.0. The van der Waals surface area contributed by atoms with Gasteiger partial charge in [0.15, 0.2) is 17.7 Å². The maximum atomic E-state index is 14.1. The number of aromatic nitrogens is 6. The number of nitrogens with one attached hydrogen (secondary N) is 1. The number of fused-ring (bicyclic) bond motifs is 2. The van der Waals surface area contributed by atoms with Gasteiger partial charge in [0.25, 0.3) is 11.5 Å². The number of carbonyl (C=O) groups is 1. The maximum Gasteiger partial charge on any atom is 0.267 e. The summed E-state index contributed by atoms with van der Waals surface area (Å²) in [6.07, 6.45) is 6.07. The minimum Gasteiger partial charge on any atom is -0.450 e. The molecule has 0 aliphatic carbocycles. The van der Waals surface area contributed by atoms with Crippen LogP contribution in [0.4, 0.5) is 0 Å². The standard InChI is InChI=1S/C29H21N7O3/c1-18-24(27-30-14-7-15-35(27)34-18)28(37)32-19(2)26-33-23-11-6-8-20(12-13-21-16-39-17-31-21)25(23)29(38)36(26)22-9-4-3-5-10-22/h3-11,14-17,19H,1-2H3,(H,32,37). The van der Waals surface area contributed by atoms with Crippen molar-refractivity contribution in [2.24, 2.45) is 0 Å². The molecule has 4 aromatic heterocycles. The fourth-order valence-electron chi connectivity index (χ4n) is 4.47. The lowest BCUT2D eigenvalue weighted by Crippen LogP contribution is -2.33. The summed E-state index contributed by atoms with van der Waals surface area (Å²) in [7, 11) is 0. The Bertz CT molecular complexity index is 1960. The van der Waals surface area contributed by atoms with Crippen molar-refractivity contribution in [3.8, 4) is 17.5 Å². The Balaban J connectivity index is 1.48. The summed E-state index contributed by atoms with van der Waals surface area (Å²) in [5.74, 6) is 5.94. The van der Waals surface area contributed by atoms with Crippen LogP contribution in [0.3, 0.4) is 0 Å². The normalized spacial score (nSPS) is 11.7. The molecule has 10 heteroatoms. The lowest BCUT2D eigenvalue weighted by molar-refractivity contribution is 0.0938. The Kier molecular flexibility index (Phi) is 5.93. The van der Waals surface area contributed by atoms with E-state index in [0.29, 0.717) is 50.6 Å². The average Bonchev–Trinajstić information content (AvgIpc) is 3.59. The molecule has 1 unspecified atom stereocenters. The van der Waals surface area contributed by atoms with Crippen LogP contribution < -0.4 is 10.9 Å². The average molecular weight is 516 g/mol. The molecule has 6 aromatic rings. The van der Waals surface area contributed by atoms with Crippen molar-refractivity contribution in [1.82, 2.24) is 34.4 Å². The van der Waals surface area contributed by atoms with Crippen LogP contribution in [0.2, 0.25) is 0 Å². The summed E-state index contributed by atoms with van der Waals surface area (Å²) in [5.41, 5.74) is 3.08. The maximum absolute atomic E-state index is 14.1. The van der Waals surface area contributed by atoms with Gasteiger partial charge in [-0.2, -0.15) is 5.10 Å². The first-order chi connectivity index (χ1) is 19.0. The molecule has 0 fully saturated rings. The first-order valence-corrected chi connectivity index (χ1v) is 12.1. The van der Waals surface area contributed by atoms with Gasteiger partial charge >= 0.3 is 0 Å². The van der Waals surface area contributed by atoms with Gasteiger partial charge in [0.05, 0.1) is 28.3 Å². The third kappa shape index (κ3) is 4.32. The Morgan fingerprint density at radius 2 is 1.90 bits per heavy atom. The molecule has 1 N–H and O–H groups in total. The third-order valence-electron chi connectivity index (χ3n) is 6.23. The molecule has 0 aliphatic rings. The molecular formula is C29H21N7O3. The second-order valence-corrected chi connectivity index (χ2v) is 8.81. The minimum atomic E-state index is -0.641. The van der Waals surface area contributed by atoms with E-state index >= 15 is 0 Å². The van der Waals surface area contributed by atoms with Gasteiger partial charge in [-0.1, -0.05) is 30.2 Å². The molecule has 1 amide bonds. The molecule has 0 bridgehead atoms. The largest absolute Gasteiger partial charge is 0.450 e. The molecule has 0 aliphatic heterocycles. The van der Waals surface area contributed by atoms with Crippen molar-refractivity contribution in [3.63, 3.8) is 0 Å². The van der Waals surface area contributed by atoms with Gasteiger partial charge in [-0.3, -0.25) is 14.2 Å². The highest BCUT2D eigenvalue weighted by atomic mass is 16.3. The number of oxazole rings is 1. The highest BCUT2D eigenvalue weighted by Gasteiger charge is 2.24. The number of carbonyl (C=O) groups excluding carboxylic acids is 1. The molecule has 39 heavy (non-hydrogen) atoms. The number of para-hydroxylation sites is 1. The van der Waals surface area contributed by atoms with E-state index in [1.807, 2.05) is 30.3 Å². The Morgan fingerprint density at radius 3 is 2.69 bits per heavy atom. The van der Waals surface area contributed by atoms with Crippen LogP contribution in [-0.2, 0) is 0 Å². The van der Waals surface area contributed by atoms with E-state index < -0.39 is 6.04 Å². The van der Waals surface area contributed by atoms with Crippen LogP contribution in [-0.4, -0.2) is 35.0 Å². The highest BCUT2D eigenvalue weighted by Crippen LogP contribution is 2.21. The number of hydrogen-bond donors (Lipinski definition) is 1. The van der Waals surface area contributed by atoms with Gasteiger partial charge in [-0.05, 0) is 50.1 Å². The van der Waals surface area contributed by atoms with Crippen LogP contribution in [0.5, 0.6) is 0 Å². The number of hydrogen-bond acceptors (Lipinski definition) is 7. The fraction of sp³-hybridized carbons (Fsp3) is 0.103. The molecule has 2 aromatic carbocycles. The van der Waals surface area contributed by atoms with E-state index in [1.165, 1.54) is 17.2 Å². The van der Waals surface area contributed by atoms with Crippen molar-refractivity contribution in [2.75, 3.05) is 0 Å². The van der Waals surface area contributed by atoms with Gasteiger partial charge in [0.1, 0.15) is 17.7 Å². The minimum absolute atomic E-state index is 0.304. The van der Waals surface area contributed by atoms with Gasteiger partial charge in [0, 0.05) is 18.0 Å². The zero-order chi connectivity index (χ0) is 26.9. The molecule has 0 spiro atoms. The molecule has 0 saturated carbocycles. The summed E-state index contributed by atoms with van der Waals surface area (Å²) in [6.45, 7) is 3.54. The highest BCUT2D eigenvalue weighted by molar-refractivity contribution is 6.01. The van der Waals surface area contributed by atoms with E-state index in [9.17, 15) is 9.59 Å². The Hall–Kier alpha value is -5.56. The fourth-order valence-corrected chi connectivity index (χ4v) is 4.47. The Morgan fingerprint density at radius 1 is 1.05 bits per heavy atom. The topological polar surface area (TPSA) is 120 Å². The quantitative estimate of drug-likeness (QED) is 0.356. The van der Waals surface area contributed by atoms with Crippen LogP contribution in [0, 0.1) is 18.8 Å². The van der Waals surface area contributed by atoms with E-state index in [1.54, 1.807) is 55.0 Å². The third-order valence-corrected chi connectivity index (χ3v) is 6.23. The summed E-state index contributed by atoms with van der Waals surface area (Å²) in [5, 5.41) is 7.73. The number of benzene rings is 2. The lowest BCUT2D eigenvalue weighted by atomic mass is 10.1. The van der Waals surface area contributed by atoms with Crippen LogP contribution in [0.1, 0.15) is 46.1 Å². The SMILES string of the molecule is Cc1nn2cccnc2c1C(=O)NC(C)c1nc2cccc(C#Cc3cocn3)c2c(=O)n1-c1ccccc1. The monoisotopic (exact) mass is 515 g/mol. The summed E-state index contributed by atoms with van der Waals surface area (Å²) < 4.78 is 8.06. The molecule has 0 saturated heterocycles. The van der Waals surface area contributed by atoms with Gasteiger partial charge in [-0.25, -0.2) is 19.5 Å². The number of aryl methyl sites for hydroxylation is 1. The van der Waals surface area contributed by atoms with Crippen molar-refractivity contribution < 1.29 is 9.21 Å². The number of nitrogens with zero attached hydrogens (tertiary/aromatic N) is 6. The summed E-state index contributed by atoms with van der Waals surface area (Å²) >= 11 is 0.